The fraction of sp³-hybridized carbons (Fsp3) is 0.375. The minimum absolute atomic E-state index is 0.0259. The predicted octanol–water partition coefficient (Wildman–Crippen LogP) is 4.57. The van der Waals surface area contributed by atoms with Crippen molar-refractivity contribution < 1.29 is 32.6 Å². The van der Waals surface area contributed by atoms with E-state index in [1.807, 2.05) is 29.2 Å². The fourth-order valence-electron chi connectivity index (χ4n) is 5.89. The lowest BCUT2D eigenvalue weighted by Crippen LogP contribution is -2.50. The monoisotopic (exact) mass is 622 g/mol. The van der Waals surface area contributed by atoms with E-state index < -0.39 is 23.8 Å². The van der Waals surface area contributed by atoms with Crippen molar-refractivity contribution in [3.05, 3.63) is 77.1 Å². The number of aliphatic hydroxyl groups is 1. The molecule has 0 unspecified atom stereocenters. The molecule has 2 aromatic carbocycles. The summed E-state index contributed by atoms with van der Waals surface area (Å²) in [5.74, 6) is 0.0591. The molecular formula is C32H33F3N6O4. The van der Waals surface area contributed by atoms with Gasteiger partial charge in [-0.05, 0) is 55.7 Å². The molecule has 6 rings (SSSR count). The molecule has 4 aromatic rings. The minimum Gasteiger partial charge on any atom is -0.497 e. The summed E-state index contributed by atoms with van der Waals surface area (Å²) in [6.45, 7) is 2.48. The van der Waals surface area contributed by atoms with Crippen molar-refractivity contribution in [1.82, 2.24) is 24.4 Å². The molecule has 0 spiro atoms. The third-order valence-electron chi connectivity index (χ3n) is 8.49. The van der Waals surface area contributed by atoms with E-state index in [9.17, 15) is 27.9 Å². The lowest BCUT2D eigenvalue weighted by Gasteiger charge is -2.39. The Bertz CT molecular complexity index is 1730. The Balaban J connectivity index is 1.25. The van der Waals surface area contributed by atoms with Crippen molar-refractivity contribution in [1.29, 1.82) is 0 Å². The summed E-state index contributed by atoms with van der Waals surface area (Å²) >= 11 is 0. The van der Waals surface area contributed by atoms with E-state index in [4.69, 9.17) is 4.74 Å². The first kappa shape index (κ1) is 30.5. The molecule has 1 aliphatic carbocycles. The van der Waals surface area contributed by atoms with Gasteiger partial charge in [0.15, 0.2) is 11.3 Å². The molecule has 0 bridgehead atoms. The van der Waals surface area contributed by atoms with E-state index in [0.29, 0.717) is 34.6 Å². The molecule has 0 radical (unpaired) electrons. The zero-order valence-corrected chi connectivity index (χ0v) is 24.8. The lowest BCUT2D eigenvalue weighted by molar-refractivity contribution is -0.143. The Labute approximate surface area is 257 Å². The van der Waals surface area contributed by atoms with Crippen LogP contribution in [-0.2, 0) is 11.0 Å². The molecule has 45 heavy (non-hydrogen) atoms. The number of halogens is 3. The van der Waals surface area contributed by atoms with Gasteiger partial charge in [0.2, 0.25) is 5.91 Å². The van der Waals surface area contributed by atoms with Gasteiger partial charge in [-0.1, -0.05) is 18.2 Å². The summed E-state index contributed by atoms with van der Waals surface area (Å²) in [5.41, 5.74) is 0.637. The van der Waals surface area contributed by atoms with Gasteiger partial charge in [-0.15, -0.1) is 0 Å². The van der Waals surface area contributed by atoms with Gasteiger partial charge in [-0.3, -0.25) is 14.5 Å². The minimum atomic E-state index is -4.75. The van der Waals surface area contributed by atoms with Crippen LogP contribution in [0, 0.1) is 12.8 Å². The van der Waals surface area contributed by atoms with Crippen LogP contribution in [-0.4, -0.2) is 81.2 Å². The van der Waals surface area contributed by atoms with E-state index in [1.54, 1.807) is 29.2 Å². The number of fused-ring (bicyclic) bond motifs is 1. The smallest absolute Gasteiger partial charge is 0.433 e. The number of aromatic nitrogens is 3. The number of nitrogens with zero attached hydrogens (tertiary/aromatic N) is 5. The Morgan fingerprint density at radius 2 is 1.76 bits per heavy atom. The second-order valence-corrected chi connectivity index (χ2v) is 11.3. The number of benzene rings is 2. The van der Waals surface area contributed by atoms with Crippen molar-refractivity contribution in [2.24, 2.45) is 5.92 Å². The highest BCUT2D eigenvalue weighted by atomic mass is 19.4. The molecule has 236 valence electrons. The molecular weight excluding hydrogens is 589 g/mol. The van der Waals surface area contributed by atoms with Crippen LogP contribution in [0.3, 0.4) is 0 Å². The van der Waals surface area contributed by atoms with Crippen LogP contribution < -0.4 is 10.1 Å². The summed E-state index contributed by atoms with van der Waals surface area (Å²) < 4.78 is 48.9. The van der Waals surface area contributed by atoms with Gasteiger partial charge in [-0.25, -0.2) is 9.50 Å². The van der Waals surface area contributed by atoms with Crippen LogP contribution >= 0.6 is 0 Å². The Hall–Kier alpha value is -4.49. The van der Waals surface area contributed by atoms with Gasteiger partial charge in [0, 0.05) is 48.9 Å². The number of amides is 2. The number of hydrogen-bond donors (Lipinski definition) is 2. The molecule has 1 atom stereocenters. The maximum absolute atomic E-state index is 14.3. The quantitative estimate of drug-likeness (QED) is 0.296. The molecule has 2 aliphatic rings. The zero-order chi connectivity index (χ0) is 31.9. The Kier molecular flexibility index (Phi) is 8.23. The largest absolute Gasteiger partial charge is 0.497 e. The summed E-state index contributed by atoms with van der Waals surface area (Å²) in [5, 5.41) is 17.3. The highest BCUT2D eigenvalue weighted by Gasteiger charge is 2.39. The van der Waals surface area contributed by atoms with Crippen LogP contribution in [0.2, 0.25) is 0 Å². The van der Waals surface area contributed by atoms with Crippen LogP contribution in [0.1, 0.15) is 46.1 Å². The number of methoxy groups -OCH3 is 1. The van der Waals surface area contributed by atoms with Crippen LogP contribution in [0.4, 0.5) is 18.9 Å². The molecule has 2 aromatic heterocycles. The first-order valence-corrected chi connectivity index (χ1v) is 14.7. The van der Waals surface area contributed by atoms with E-state index in [0.717, 1.165) is 24.6 Å². The van der Waals surface area contributed by atoms with Gasteiger partial charge in [0.1, 0.15) is 11.3 Å². The number of piperazine rings is 1. The standard InChI is InChI=1S/C32H33F3N6O4/c1-19-27(20-9-11-22(45-2)12-10-20)38-29-24(17-36-41(29)28(19)32(33,34)35)31(44)40-15-13-39(14-16-40)26(18-42)23-5-3-4-6-25(23)37-30(43)21-7-8-21/h3-6,9-12,17,21,26,42H,7-8,13-16,18H2,1-2H3,(H,37,43)/t26-/m1/s1. The number of hydrogen-bond acceptors (Lipinski definition) is 7. The van der Waals surface area contributed by atoms with Crippen molar-refractivity contribution in [3.63, 3.8) is 0 Å². The maximum atomic E-state index is 14.3. The number of alkyl halides is 3. The molecule has 1 saturated heterocycles. The SMILES string of the molecule is COc1ccc(-c2nc3c(C(=O)N4CCN([C@H](CO)c5ccccc5NC(=O)C5CC5)CC4)cnn3c(C(F)(F)F)c2C)cc1. The average molecular weight is 623 g/mol. The zero-order valence-electron chi connectivity index (χ0n) is 24.8. The second kappa shape index (κ2) is 12.1. The molecule has 10 nitrogen and oxygen atoms in total. The Morgan fingerprint density at radius 1 is 1.07 bits per heavy atom. The number of carbonyl (C=O) groups is 2. The fourth-order valence-corrected chi connectivity index (χ4v) is 5.89. The predicted molar refractivity (Wildman–Crippen MR) is 160 cm³/mol. The Morgan fingerprint density at radius 3 is 2.38 bits per heavy atom. The van der Waals surface area contributed by atoms with Gasteiger partial charge < -0.3 is 20.1 Å². The van der Waals surface area contributed by atoms with Crippen molar-refractivity contribution >= 4 is 23.1 Å². The van der Waals surface area contributed by atoms with Gasteiger partial charge in [0.25, 0.3) is 5.91 Å². The number of rotatable bonds is 8. The topological polar surface area (TPSA) is 112 Å². The van der Waals surface area contributed by atoms with Crippen molar-refractivity contribution in [2.45, 2.75) is 32.0 Å². The molecule has 1 saturated carbocycles. The first-order chi connectivity index (χ1) is 21.6. The first-order valence-electron chi connectivity index (χ1n) is 14.7. The van der Waals surface area contributed by atoms with Crippen LogP contribution in [0.5, 0.6) is 5.75 Å². The van der Waals surface area contributed by atoms with E-state index in [2.05, 4.69) is 15.4 Å². The molecule has 3 heterocycles. The van der Waals surface area contributed by atoms with E-state index in [1.165, 1.54) is 14.0 Å². The molecule has 13 heteroatoms. The number of carbonyl (C=O) groups excluding carboxylic acids is 2. The highest BCUT2D eigenvalue weighted by molar-refractivity contribution is 6.00. The number of aliphatic hydroxyl groups excluding tert-OH is 1. The highest BCUT2D eigenvalue weighted by Crippen LogP contribution is 2.37. The molecule has 2 amide bonds. The molecule has 2 N–H and O–H groups in total. The van der Waals surface area contributed by atoms with Gasteiger partial charge in [-0.2, -0.15) is 18.3 Å². The normalized spacial score (nSPS) is 16.5. The van der Waals surface area contributed by atoms with Gasteiger partial charge in [0.05, 0.1) is 31.6 Å². The third kappa shape index (κ3) is 5.97. The summed E-state index contributed by atoms with van der Waals surface area (Å²) in [4.78, 5) is 34.3. The van der Waals surface area contributed by atoms with Gasteiger partial charge >= 0.3 is 6.18 Å². The number of ether oxygens (including phenoxy) is 1. The lowest BCUT2D eigenvalue weighted by atomic mass is 10.0. The summed E-state index contributed by atoms with van der Waals surface area (Å²) in [6.07, 6.45) is -1.87. The number of para-hydroxylation sites is 1. The number of anilines is 1. The second-order valence-electron chi connectivity index (χ2n) is 11.3. The van der Waals surface area contributed by atoms with Crippen LogP contribution in [0.15, 0.2) is 54.7 Å². The van der Waals surface area contributed by atoms with E-state index in [-0.39, 0.29) is 54.0 Å². The molecule has 1 aliphatic heterocycles. The third-order valence-corrected chi connectivity index (χ3v) is 8.49. The van der Waals surface area contributed by atoms with Crippen LogP contribution in [0.25, 0.3) is 16.9 Å². The maximum Gasteiger partial charge on any atom is 0.433 e. The van der Waals surface area contributed by atoms with Crippen molar-refractivity contribution in [2.75, 3.05) is 45.2 Å². The summed E-state index contributed by atoms with van der Waals surface area (Å²) in [6, 6.07) is 13.4. The van der Waals surface area contributed by atoms with Crippen molar-refractivity contribution in [3.8, 4) is 17.0 Å². The number of nitrogens with one attached hydrogen (secondary N) is 1. The van der Waals surface area contributed by atoms with E-state index >= 15 is 0 Å². The summed E-state index contributed by atoms with van der Waals surface area (Å²) in [7, 11) is 1.49. The average Bonchev–Trinajstić information content (AvgIpc) is 3.81. The molecule has 2 fully saturated rings.